The van der Waals surface area contributed by atoms with Gasteiger partial charge in [0.25, 0.3) is 5.91 Å². The van der Waals surface area contributed by atoms with Crippen molar-refractivity contribution in [3.05, 3.63) is 52.9 Å². The van der Waals surface area contributed by atoms with Crippen LogP contribution in [0.5, 0.6) is 0 Å². The second kappa shape index (κ2) is 6.75. The molecule has 1 N–H and O–H groups in total. The summed E-state index contributed by atoms with van der Waals surface area (Å²) in [6.07, 6.45) is 1.64. The molecule has 1 amide bonds. The van der Waals surface area contributed by atoms with Gasteiger partial charge in [0.2, 0.25) is 0 Å². The Labute approximate surface area is 129 Å². The van der Waals surface area contributed by atoms with Gasteiger partial charge in [-0.3, -0.25) is 4.79 Å². The standard InChI is InChI=1S/C17H20N2O3/c1-12-4-2-3-5-14(12)8-15-9-16(19-22-15)17(20)18-10-13-6-7-21-11-13/h2-5,9,13H,6-8,10-11H2,1H3,(H,18,20). The molecule has 1 aliphatic rings. The number of nitrogens with zero attached hydrogens (tertiary/aromatic N) is 1. The second-order valence-corrected chi connectivity index (χ2v) is 5.72. The van der Waals surface area contributed by atoms with Gasteiger partial charge in [-0.25, -0.2) is 0 Å². The minimum absolute atomic E-state index is 0.188. The highest BCUT2D eigenvalue weighted by molar-refractivity contribution is 5.92. The van der Waals surface area contributed by atoms with Crippen molar-refractivity contribution in [3.8, 4) is 0 Å². The van der Waals surface area contributed by atoms with Crippen LogP contribution in [0.15, 0.2) is 34.9 Å². The van der Waals surface area contributed by atoms with Gasteiger partial charge in [0, 0.05) is 31.6 Å². The largest absolute Gasteiger partial charge is 0.381 e. The fourth-order valence-corrected chi connectivity index (χ4v) is 2.57. The molecule has 116 valence electrons. The topological polar surface area (TPSA) is 64.4 Å². The number of aromatic nitrogens is 1. The second-order valence-electron chi connectivity index (χ2n) is 5.72. The zero-order valence-corrected chi connectivity index (χ0v) is 12.7. The summed E-state index contributed by atoms with van der Waals surface area (Å²) in [7, 11) is 0. The first-order chi connectivity index (χ1) is 10.7. The van der Waals surface area contributed by atoms with Crippen LogP contribution in [0.25, 0.3) is 0 Å². The van der Waals surface area contributed by atoms with E-state index in [9.17, 15) is 4.79 Å². The molecule has 1 unspecified atom stereocenters. The van der Waals surface area contributed by atoms with Crippen molar-refractivity contribution in [2.24, 2.45) is 5.92 Å². The zero-order valence-electron chi connectivity index (χ0n) is 12.7. The van der Waals surface area contributed by atoms with Crippen LogP contribution < -0.4 is 5.32 Å². The summed E-state index contributed by atoms with van der Waals surface area (Å²) in [6.45, 7) is 4.19. The molecule has 0 saturated carbocycles. The lowest BCUT2D eigenvalue weighted by Crippen LogP contribution is -2.29. The molecule has 3 rings (SSSR count). The smallest absolute Gasteiger partial charge is 0.273 e. The minimum Gasteiger partial charge on any atom is -0.381 e. The SMILES string of the molecule is Cc1ccccc1Cc1cc(C(=O)NCC2CCOC2)no1. The first kappa shape index (κ1) is 14.8. The fraction of sp³-hybridized carbons (Fsp3) is 0.412. The molecule has 1 atom stereocenters. The highest BCUT2D eigenvalue weighted by Crippen LogP contribution is 2.15. The number of hydrogen-bond donors (Lipinski definition) is 1. The van der Waals surface area contributed by atoms with Crippen LogP contribution in [-0.2, 0) is 11.2 Å². The van der Waals surface area contributed by atoms with E-state index < -0.39 is 0 Å². The van der Waals surface area contributed by atoms with Crippen LogP contribution in [0, 0.1) is 12.8 Å². The van der Waals surface area contributed by atoms with Crippen molar-refractivity contribution in [1.82, 2.24) is 10.5 Å². The predicted molar refractivity (Wildman–Crippen MR) is 81.7 cm³/mol. The predicted octanol–water partition coefficient (Wildman–Crippen LogP) is 2.34. The quantitative estimate of drug-likeness (QED) is 0.920. The fourth-order valence-electron chi connectivity index (χ4n) is 2.57. The Morgan fingerprint density at radius 2 is 2.27 bits per heavy atom. The number of carbonyl (C=O) groups excluding carboxylic acids is 1. The Morgan fingerprint density at radius 1 is 1.41 bits per heavy atom. The maximum absolute atomic E-state index is 12.1. The van der Waals surface area contributed by atoms with Crippen molar-refractivity contribution >= 4 is 5.91 Å². The van der Waals surface area contributed by atoms with Gasteiger partial charge in [-0.05, 0) is 24.5 Å². The molecule has 2 aromatic rings. The summed E-state index contributed by atoms with van der Waals surface area (Å²) in [4.78, 5) is 12.1. The minimum atomic E-state index is -0.188. The molecule has 0 radical (unpaired) electrons. The molecule has 2 heterocycles. The van der Waals surface area contributed by atoms with Gasteiger partial charge in [-0.15, -0.1) is 0 Å². The molecule has 0 spiro atoms. The molecular weight excluding hydrogens is 280 g/mol. The van der Waals surface area contributed by atoms with Crippen LogP contribution >= 0.6 is 0 Å². The maximum Gasteiger partial charge on any atom is 0.273 e. The summed E-state index contributed by atoms with van der Waals surface area (Å²) >= 11 is 0. The summed E-state index contributed by atoms with van der Waals surface area (Å²) in [5.41, 5.74) is 2.71. The van der Waals surface area contributed by atoms with Crippen LogP contribution in [0.2, 0.25) is 0 Å². The third kappa shape index (κ3) is 3.54. The first-order valence-electron chi connectivity index (χ1n) is 7.58. The van der Waals surface area contributed by atoms with Crippen molar-refractivity contribution in [1.29, 1.82) is 0 Å². The molecule has 0 bridgehead atoms. The van der Waals surface area contributed by atoms with E-state index in [1.807, 2.05) is 12.1 Å². The Bertz CT molecular complexity index is 645. The number of amides is 1. The number of rotatable bonds is 5. The Morgan fingerprint density at radius 3 is 3.05 bits per heavy atom. The molecular formula is C17H20N2O3. The van der Waals surface area contributed by atoms with Crippen molar-refractivity contribution in [2.45, 2.75) is 19.8 Å². The highest BCUT2D eigenvalue weighted by atomic mass is 16.5. The average Bonchev–Trinajstić information content (AvgIpc) is 3.19. The van der Waals surface area contributed by atoms with E-state index in [2.05, 4.69) is 29.5 Å². The maximum atomic E-state index is 12.1. The molecule has 1 saturated heterocycles. The highest BCUT2D eigenvalue weighted by Gasteiger charge is 2.18. The van der Waals surface area contributed by atoms with Gasteiger partial charge >= 0.3 is 0 Å². The Balaban J connectivity index is 1.58. The first-order valence-corrected chi connectivity index (χ1v) is 7.58. The number of aryl methyl sites for hydroxylation is 1. The van der Waals surface area contributed by atoms with Crippen molar-refractivity contribution < 1.29 is 14.1 Å². The number of carbonyl (C=O) groups is 1. The van der Waals surface area contributed by atoms with E-state index in [1.54, 1.807) is 6.07 Å². The van der Waals surface area contributed by atoms with E-state index in [4.69, 9.17) is 9.26 Å². The summed E-state index contributed by atoms with van der Waals surface area (Å²) in [5.74, 6) is 0.914. The molecule has 5 nitrogen and oxygen atoms in total. The summed E-state index contributed by atoms with van der Waals surface area (Å²) in [5, 5.41) is 6.76. The van der Waals surface area contributed by atoms with E-state index >= 15 is 0 Å². The van der Waals surface area contributed by atoms with E-state index in [0.717, 1.165) is 19.6 Å². The van der Waals surface area contributed by atoms with E-state index in [-0.39, 0.29) is 5.91 Å². The zero-order chi connectivity index (χ0) is 15.4. The lowest BCUT2D eigenvalue weighted by atomic mass is 10.0. The monoisotopic (exact) mass is 300 g/mol. The normalized spacial score (nSPS) is 17.6. The average molecular weight is 300 g/mol. The molecule has 1 aromatic heterocycles. The molecule has 5 heteroatoms. The summed E-state index contributed by atoms with van der Waals surface area (Å²) < 4.78 is 10.6. The van der Waals surface area contributed by atoms with E-state index in [0.29, 0.717) is 30.3 Å². The Kier molecular flexibility index (Phi) is 4.53. The van der Waals surface area contributed by atoms with Gasteiger partial charge in [-0.2, -0.15) is 0 Å². The van der Waals surface area contributed by atoms with Crippen LogP contribution in [-0.4, -0.2) is 30.8 Å². The van der Waals surface area contributed by atoms with Crippen LogP contribution in [0.3, 0.4) is 0 Å². The van der Waals surface area contributed by atoms with E-state index in [1.165, 1.54) is 11.1 Å². The number of benzene rings is 1. The molecule has 1 fully saturated rings. The molecule has 1 aromatic carbocycles. The van der Waals surface area contributed by atoms with Gasteiger partial charge in [0.15, 0.2) is 5.69 Å². The lowest BCUT2D eigenvalue weighted by Gasteiger charge is -2.07. The van der Waals surface area contributed by atoms with Gasteiger partial charge in [0.1, 0.15) is 5.76 Å². The molecule has 0 aliphatic carbocycles. The van der Waals surface area contributed by atoms with Gasteiger partial charge < -0.3 is 14.6 Å². The molecule has 22 heavy (non-hydrogen) atoms. The Hall–Kier alpha value is -2.14. The third-order valence-corrected chi connectivity index (χ3v) is 3.99. The van der Waals surface area contributed by atoms with Gasteiger partial charge in [0.05, 0.1) is 6.61 Å². The number of ether oxygens (including phenoxy) is 1. The van der Waals surface area contributed by atoms with Crippen LogP contribution in [0.4, 0.5) is 0 Å². The molecule has 1 aliphatic heterocycles. The lowest BCUT2D eigenvalue weighted by molar-refractivity contribution is 0.0936. The third-order valence-electron chi connectivity index (χ3n) is 3.99. The number of nitrogens with one attached hydrogen (secondary N) is 1. The summed E-state index contributed by atoms with van der Waals surface area (Å²) in [6, 6.07) is 9.83. The number of hydrogen-bond acceptors (Lipinski definition) is 4. The van der Waals surface area contributed by atoms with Crippen molar-refractivity contribution in [3.63, 3.8) is 0 Å². The van der Waals surface area contributed by atoms with Gasteiger partial charge in [-0.1, -0.05) is 29.4 Å². The van der Waals surface area contributed by atoms with Crippen LogP contribution in [0.1, 0.15) is 33.8 Å². The van der Waals surface area contributed by atoms with Crippen molar-refractivity contribution in [2.75, 3.05) is 19.8 Å².